The first-order valence-electron chi connectivity index (χ1n) is 9.59. The van der Waals surface area contributed by atoms with Gasteiger partial charge in [-0.15, -0.1) is 0 Å². The Hall–Kier alpha value is -3.34. The summed E-state index contributed by atoms with van der Waals surface area (Å²) in [5.74, 6) is -1.99. The molecule has 0 saturated carbocycles. The number of alkyl halides is 2. The van der Waals surface area contributed by atoms with Crippen molar-refractivity contribution in [3.05, 3.63) is 75.1 Å². The van der Waals surface area contributed by atoms with Crippen molar-refractivity contribution in [3.63, 3.8) is 0 Å². The van der Waals surface area contributed by atoms with Crippen molar-refractivity contribution in [2.75, 3.05) is 7.11 Å². The van der Waals surface area contributed by atoms with Gasteiger partial charge in [0.25, 0.3) is 12.3 Å². The smallest absolute Gasteiger partial charge is 0.337 e. The minimum Gasteiger partial charge on any atom is -0.465 e. The fourth-order valence-electron chi connectivity index (χ4n) is 3.04. The van der Waals surface area contributed by atoms with Crippen LogP contribution in [-0.2, 0) is 11.8 Å². The molecule has 7 nitrogen and oxygen atoms in total. The molecule has 0 aliphatic rings. The Balaban J connectivity index is 1.89. The fraction of sp³-hybridized carbons (Fsp3) is 0.227. The van der Waals surface area contributed by atoms with E-state index in [0.29, 0.717) is 11.1 Å². The average Bonchev–Trinajstić information content (AvgIpc) is 3.12. The molecule has 3 aromatic rings. The Labute approximate surface area is 195 Å². The number of amides is 1. The number of esters is 1. The molecule has 2 aromatic carbocycles. The number of hydrogen-bond donors (Lipinski definition) is 1. The van der Waals surface area contributed by atoms with Gasteiger partial charge in [0.05, 0.1) is 23.2 Å². The molecule has 1 unspecified atom stereocenters. The van der Waals surface area contributed by atoms with Crippen LogP contribution in [0.15, 0.2) is 46.9 Å². The number of nitrogens with one attached hydrogen (secondary N) is 1. The summed E-state index contributed by atoms with van der Waals surface area (Å²) < 4.78 is 52.2. The number of halogens is 4. The summed E-state index contributed by atoms with van der Waals surface area (Å²) in [5, 5.41) is 6.37. The summed E-state index contributed by atoms with van der Waals surface area (Å²) in [6.07, 6.45) is -3.04. The molecular formula is C22H19BrF3N3O4. The van der Waals surface area contributed by atoms with Crippen molar-refractivity contribution in [2.24, 2.45) is 7.05 Å². The predicted octanol–water partition coefficient (Wildman–Crippen LogP) is 5.33. The van der Waals surface area contributed by atoms with E-state index in [4.69, 9.17) is 4.74 Å². The predicted molar refractivity (Wildman–Crippen MR) is 116 cm³/mol. The Morgan fingerprint density at radius 1 is 1.15 bits per heavy atom. The number of methoxy groups -OCH3 is 1. The molecule has 0 saturated heterocycles. The van der Waals surface area contributed by atoms with E-state index in [9.17, 15) is 22.8 Å². The largest absolute Gasteiger partial charge is 0.465 e. The Bertz CT molecular complexity index is 1180. The third kappa shape index (κ3) is 5.36. The number of benzene rings is 2. The molecule has 1 N–H and O–H groups in total. The summed E-state index contributed by atoms with van der Waals surface area (Å²) in [5.41, 5.74) is -0.234. The van der Waals surface area contributed by atoms with Crippen LogP contribution in [0.25, 0.3) is 0 Å². The van der Waals surface area contributed by atoms with Crippen molar-refractivity contribution in [1.82, 2.24) is 15.1 Å². The quantitative estimate of drug-likeness (QED) is 0.421. The highest BCUT2D eigenvalue weighted by atomic mass is 79.9. The highest BCUT2D eigenvalue weighted by molar-refractivity contribution is 9.10. The highest BCUT2D eigenvalue weighted by Crippen LogP contribution is 2.34. The molecule has 174 valence electrons. The van der Waals surface area contributed by atoms with Crippen LogP contribution in [0.2, 0.25) is 0 Å². The lowest BCUT2D eigenvalue weighted by Crippen LogP contribution is -2.27. The standard InChI is InChI=1S/C22H19BrF3N3O4/c1-11(12-4-6-13(7-5-12)22(31)32-3)27-20(30)17-18(19(25)26)28-29(2)21(17)33-14-8-9-16(24)15(23)10-14/h4-11,19H,1-3H3,(H,27,30). The van der Waals surface area contributed by atoms with E-state index in [1.807, 2.05) is 0 Å². The van der Waals surface area contributed by atoms with Gasteiger partial charge in [0.1, 0.15) is 22.8 Å². The first-order valence-corrected chi connectivity index (χ1v) is 10.4. The van der Waals surface area contributed by atoms with Crippen LogP contribution in [-0.4, -0.2) is 28.8 Å². The Morgan fingerprint density at radius 3 is 2.39 bits per heavy atom. The molecule has 3 rings (SSSR count). The van der Waals surface area contributed by atoms with Crippen molar-refractivity contribution in [1.29, 1.82) is 0 Å². The number of rotatable bonds is 7. The average molecular weight is 526 g/mol. The summed E-state index contributed by atoms with van der Waals surface area (Å²) in [6, 6.07) is 9.41. The van der Waals surface area contributed by atoms with Crippen LogP contribution < -0.4 is 10.1 Å². The molecule has 0 aliphatic carbocycles. The Morgan fingerprint density at radius 2 is 1.82 bits per heavy atom. The maximum absolute atomic E-state index is 13.6. The summed E-state index contributed by atoms with van der Waals surface area (Å²) in [6.45, 7) is 1.65. The van der Waals surface area contributed by atoms with Gasteiger partial charge in [0.2, 0.25) is 5.88 Å². The molecule has 0 spiro atoms. The van der Waals surface area contributed by atoms with E-state index in [0.717, 1.165) is 10.7 Å². The SMILES string of the molecule is COC(=O)c1ccc(C(C)NC(=O)c2c(C(F)F)nn(C)c2Oc2ccc(F)c(Br)c2)cc1. The first kappa shape index (κ1) is 24.3. The van der Waals surface area contributed by atoms with Gasteiger partial charge < -0.3 is 14.8 Å². The van der Waals surface area contributed by atoms with Crippen molar-refractivity contribution in [2.45, 2.75) is 19.4 Å². The van der Waals surface area contributed by atoms with E-state index in [2.05, 4.69) is 31.1 Å². The minimum absolute atomic E-state index is 0.103. The van der Waals surface area contributed by atoms with Crippen LogP contribution in [0.1, 0.15) is 51.4 Å². The fourth-order valence-corrected chi connectivity index (χ4v) is 3.40. The number of aromatic nitrogens is 2. The summed E-state index contributed by atoms with van der Waals surface area (Å²) >= 11 is 3.03. The van der Waals surface area contributed by atoms with Gasteiger partial charge in [-0.05, 0) is 58.7 Å². The zero-order chi connectivity index (χ0) is 24.3. The molecule has 1 heterocycles. The van der Waals surface area contributed by atoms with E-state index >= 15 is 0 Å². The number of aryl methyl sites for hydroxylation is 1. The second-order valence-electron chi connectivity index (χ2n) is 6.98. The van der Waals surface area contributed by atoms with E-state index in [1.54, 1.807) is 19.1 Å². The zero-order valence-electron chi connectivity index (χ0n) is 17.7. The maximum atomic E-state index is 13.6. The molecule has 0 fully saturated rings. The van der Waals surface area contributed by atoms with E-state index < -0.39 is 41.4 Å². The van der Waals surface area contributed by atoms with Gasteiger partial charge in [0.15, 0.2) is 0 Å². The first-order chi connectivity index (χ1) is 15.6. The number of carbonyl (C=O) groups is 2. The molecule has 0 radical (unpaired) electrons. The molecule has 0 aliphatic heterocycles. The van der Waals surface area contributed by atoms with Gasteiger partial charge in [-0.3, -0.25) is 4.79 Å². The van der Waals surface area contributed by atoms with Crippen molar-refractivity contribution >= 4 is 27.8 Å². The molecule has 1 amide bonds. The number of hydrogen-bond acceptors (Lipinski definition) is 5. The zero-order valence-corrected chi connectivity index (χ0v) is 19.3. The molecule has 0 bridgehead atoms. The summed E-state index contributed by atoms with van der Waals surface area (Å²) in [4.78, 5) is 24.6. The second kappa shape index (κ2) is 10.1. The van der Waals surface area contributed by atoms with Crippen LogP contribution in [0.4, 0.5) is 13.2 Å². The van der Waals surface area contributed by atoms with Gasteiger partial charge in [-0.1, -0.05) is 12.1 Å². The lowest BCUT2D eigenvalue weighted by molar-refractivity contribution is 0.0600. The molecule has 33 heavy (non-hydrogen) atoms. The highest BCUT2D eigenvalue weighted by Gasteiger charge is 2.30. The maximum Gasteiger partial charge on any atom is 0.337 e. The van der Waals surface area contributed by atoms with Crippen LogP contribution >= 0.6 is 15.9 Å². The molecule has 11 heteroatoms. The number of ether oxygens (including phenoxy) is 2. The monoisotopic (exact) mass is 525 g/mol. The van der Waals surface area contributed by atoms with Gasteiger partial charge >= 0.3 is 5.97 Å². The molecular weight excluding hydrogens is 507 g/mol. The second-order valence-corrected chi connectivity index (χ2v) is 7.83. The van der Waals surface area contributed by atoms with Gasteiger partial charge in [0, 0.05) is 7.05 Å². The minimum atomic E-state index is -3.04. The Kier molecular flexibility index (Phi) is 7.42. The van der Waals surface area contributed by atoms with E-state index in [1.165, 1.54) is 38.4 Å². The number of nitrogens with zero attached hydrogens (tertiary/aromatic N) is 2. The third-order valence-corrected chi connectivity index (χ3v) is 5.35. The lowest BCUT2D eigenvalue weighted by Gasteiger charge is -2.16. The molecule has 1 aromatic heterocycles. The van der Waals surface area contributed by atoms with Gasteiger partial charge in [-0.2, -0.15) is 5.10 Å². The van der Waals surface area contributed by atoms with Gasteiger partial charge in [-0.25, -0.2) is 22.6 Å². The van der Waals surface area contributed by atoms with Crippen LogP contribution in [0, 0.1) is 5.82 Å². The number of carbonyl (C=O) groups excluding carboxylic acids is 2. The van der Waals surface area contributed by atoms with E-state index in [-0.39, 0.29) is 16.1 Å². The topological polar surface area (TPSA) is 82.5 Å². The van der Waals surface area contributed by atoms with Crippen molar-refractivity contribution < 1.29 is 32.2 Å². The van der Waals surface area contributed by atoms with Crippen molar-refractivity contribution in [3.8, 4) is 11.6 Å². The van der Waals surface area contributed by atoms with Crippen LogP contribution in [0.5, 0.6) is 11.6 Å². The lowest BCUT2D eigenvalue weighted by atomic mass is 10.1. The normalized spacial score (nSPS) is 11.9. The summed E-state index contributed by atoms with van der Waals surface area (Å²) in [7, 11) is 2.61. The molecule has 1 atom stereocenters. The third-order valence-electron chi connectivity index (χ3n) is 4.74. The van der Waals surface area contributed by atoms with Crippen LogP contribution in [0.3, 0.4) is 0 Å².